The summed E-state index contributed by atoms with van der Waals surface area (Å²) in [5, 5.41) is 12.2. The molecule has 2 N–H and O–H groups in total. The average Bonchev–Trinajstić information content (AvgIpc) is 2.23. The maximum atomic E-state index is 11.6. The number of carbonyl (C=O) groups is 1. The van der Waals surface area contributed by atoms with E-state index in [1.165, 1.54) is 0 Å². The number of phenolic OH excluding ortho intramolecular Hbond substituents is 1. The van der Waals surface area contributed by atoms with Gasteiger partial charge >= 0.3 is 0 Å². The van der Waals surface area contributed by atoms with Gasteiger partial charge < -0.3 is 15.2 Å². The zero-order chi connectivity index (χ0) is 12.8. The number of anilines is 1. The van der Waals surface area contributed by atoms with Crippen molar-refractivity contribution in [1.82, 2.24) is 0 Å². The van der Waals surface area contributed by atoms with Gasteiger partial charge in [-0.25, -0.2) is 0 Å². The fourth-order valence-electron chi connectivity index (χ4n) is 1.35. The van der Waals surface area contributed by atoms with Crippen LogP contribution >= 0.6 is 0 Å². The van der Waals surface area contributed by atoms with Gasteiger partial charge in [0.2, 0.25) is 5.91 Å². The zero-order valence-corrected chi connectivity index (χ0v) is 10.5. The van der Waals surface area contributed by atoms with Gasteiger partial charge in [0.1, 0.15) is 5.75 Å². The van der Waals surface area contributed by atoms with E-state index in [1.54, 1.807) is 18.2 Å². The third-order valence-electron chi connectivity index (χ3n) is 2.21. The number of rotatable bonds is 5. The van der Waals surface area contributed by atoms with E-state index in [9.17, 15) is 9.90 Å². The second-order valence-corrected chi connectivity index (χ2v) is 4.24. The van der Waals surface area contributed by atoms with Crippen LogP contribution in [0.5, 0.6) is 5.75 Å². The lowest BCUT2D eigenvalue weighted by atomic mass is 10.2. The molecule has 1 aromatic rings. The van der Waals surface area contributed by atoms with Crippen LogP contribution in [-0.4, -0.2) is 23.7 Å². The number of amides is 1. The highest BCUT2D eigenvalue weighted by molar-refractivity contribution is 5.92. The van der Waals surface area contributed by atoms with Crippen molar-refractivity contribution in [3.05, 3.63) is 23.8 Å². The van der Waals surface area contributed by atoms with Crippen LogP contribution in [0.4, 0.5) is 5.69 Å². The monoisotopic (exact) mass is 237 g/mol. The zero-order valence-electron chi connectivity index (χ0n) is 10.5. The maximum absolute atomic E-state index is 11.6. The minimum Gasteiger partial charge on any atom is -0.506 e. The summed E-state index contributed by atoms with van der Waals surface area (Å²) < 4.78 is 5.28. The summed E-state index contributed by atoms with van der Waals surface area (Å²) in [6, 6.07) is 5.08. The van der Waals surface area contributed by atoms with Gasteiger partial charge in [0.05, 0.1) is 24.8 Å². The number of aromatic hydroxyl groups is 1. The number of hydrogen-bond acceptors (Lipinski definition) is 3. The molecule has 4 heteroatoms. The first-order chi connectivity index (χ1) is 7.99. The Hall–Kier alpha value is -1.55. The average molecular weight is 237 g/mol. The standard InChI is InChI=1S/C13H19NO3/c1-9(2)17-7-6-13(16)14-11-8-10(3)4-5-12(11)15/h4-5,8-9,15H,6-7H2,1-3H3,(H,14,16). The summed E-state index contributed by atoms with van der Waals surface area (Å²) in [5.41, 5.74) is 1.43. The lowest BCUT2D eigenvalue weighted by molar-refractivity contribution is -0.117. The Bertz CT molecular complexity index is 388. The predicted molar refractivity (Wildman–Crippen MR) is 67.2 cm³/mol. The van der Waals surface area contributed by atoms with Crippen LogP contribution in [0.1, 0.15) is 25.8 Å². The van der Waals surface area contributed by atoms with Crippen molar-refractivity contribution >= 4 is 11.6 Å². The van der Waals surface area contributed by atoms with Gasteiger partial charge in [0, 0.05) is 0 Å². The molecule has 0 aliphatic heterocycles. The highest BCUT2D eigenvalue weighted by atomic mass is 16.5. The third kappa shape index (κ3) is 4.87. The van der Waals surface area contributed by atoms with E-state index < -0.39 is 0 Å². The number of aryl methyl sites for hydroxylation is 1. The SMILES string of the molecule is Cc1ccc(O)c(NC(=O)CCOC(C)C)c1. The van der Waals surface area contributed by atoms with Crippen molar-refractivity contribution in [3.8, 4) is 5.75 Å². The molecular weight excluding hydrogens is 218 g/mol. The summed E-state index contributed by atoms with van der Waals surface area (Å²) in [5.74, 6) is -0.0831. The second-order valence-electron chi connectivity index (χ2n) is 4.24. The number of nitrogens with one attached hydrogen (secondary N) is 1. The third-order valence-corrected chi connectivity index (χ3v) is 2.21. The molecule has 0 saturated heterocycles. The van der Waals surface area contributed by atoms with Crippen molar-refractivity contribution in [2.24, 2.45) is 0 Å². The summed E-state index contributed by atoms with van der Waals surface area (Å²) in [4.78, 5) is 11.6. The van der Waals surface area contributed by atoms with E-state index in [2.05, 4.69) is 5.32 Å². The minimum absolute atomic E-state index is 0.0775. The lowest BCUT2D eigenvalue weighted by Crippen LogP contribution is -2.16. The van der Waals surface area contributed by atoms with E-state index in [4.69, 9.17) is 4.74 Å². The Morgan fingerprint density at radius 1 is 1.47 bits per heavy atom. The van der Waals surface area contributed by atoms with Crippen LogP contribution < -0.4 is 5.32 Å². The minimum atomic E-state index is -0.161. The molecule has 0 aliphatic carbocycles. The Balaban J connectivity index is 2.47. The number of ether oxygens (including phenoxy) is 1. The van der Waals surface area contributed by atoms with Crippen LogP contribution in [0.2, 0.25) is 0 Å². The molecule has 0 saturated carbocycles. The molecule has 94 valence electrons. The van der Waals surface area contributed by atoms with E-state index in [-0.39, 0.29) is 24.2 Å². The molecule has 17 heavy (non-hydrogen) atoms. The lowest BCUT2D eigenvalue weighted by Gasteiger charge is -2.09. The van der Waals surface area contributed by atoms with Crippen LogP contribution in [0, 0.1) is 6.92 Å². The van der Waals surface area contributed by atoms with Crippen LogP contribution in [0.25, 0.3) is 0 Å². The van der Waals surface area contributed by atoms with Gasteiger partial charge in [0.15, 0.2) is 0 Å². The van der Waals surface area contributed by atoms with Gasteiger partial charge in [-0.1, -0.05) is 6.07 Å². The smallest absolute Gasteiger partial charge is 0.226 e. The summed E-state index contributed by atoms with van der Waals surface area (Å²) in [6.07, 6.45) is 0.404. The Kier molecular flexibility index (Phi) is 4.97. The maximum Gasteiger partial charge on any atom is 0.226 e. The van der Waals surface area contributed by atoms with E-state index in [1.807, 2.05) is 20.8 Å². The molecule has 0 fully saturated rings. The molecule has 1 rings (SSSR count). The first-order valence-corrected chi connectivity index (χ1v) is 5.70. The largest absolute Gasteiger partial charge is 0.506 e. The highest BCUT2D eigenvalue weighted by Crippen LogP contribution is 2.23. The van der Waals surface area contributed by atoms with Crippen LogP contribution in [0.15, 0.2) is 18.2 Å². The Morgan fingerprint density at radius 3 is 2.82 bits per heavy atom. The van der Waals surface area contributed by atoms with E-state index in [0.29, 0.717) is 12.3 Å². The fraction of sp³-hybridized carbons (Fsp3) is 0.462. The molecule has 0 radical (unpaired) electrons. The molecule has 1 amide bonds. The molecule has 0 bridgehead atoms. The summed E-state index contributed by atoms with van der Waals surface area (Å²) >= 11 is 0. The van der Waals surface area contributed by atoms with Crippen molar-refractivity contribution in [3.63, 3.8) is 0 Å². The summed E-state index contributed by atoms with van der Waals surface area (Å²) in [6.45, 7) is 6.13. The number of phenols is 1. The van der Waals surface area contributed by atoms with Gasteiger partial charge in [-0.2, -0.15) is 0 Å². The van der Waals surface area contributed by atoms with Crippen molar-refractivity contribution < 1.29 is 14.6 Å². The Morgan fingerprint density at radius 2 is 2.18 bits per heavy atom. The Labute approximate surface area is 102 Å². The van der Waals surface area contributed by atoms with Crippen molar-refractivity contribution in [1.29, 1.82) is 0 Å². The topological polar surface area (TPSA) is 58.6 Å². The normalized spacial score (nSPS) is 10.6. The molecule has 0 atom stereocenters. The molecule has 4 nitrogen and oxygen atoms in total. The first-order valence-electron chi connectivity index (χ1n) is 5.70. The van der Waals surface area contributed by atoms with Crippen LogP contribution in [0.3, 0.4) is 0 Å². The quantitative estimate of drug-likeness (QED) is 0.773. The molecule has 0 aromatic heterocycles. The van der Waals surface area contributed by atoms with E-state index in [0.717, 1.165) is 5.56 Å². The highest BCUT2D eigenvalue weighted by Gasteiger charge is 2.06. The molecule has 0 heterocycles. The molecule has 1 aromatic carbocycles. The summed E-state index contributed by atoms with van der Waals surface area (Å²) in [7, 11) is 0. The molecule has 0 unspecified atom stereocenters. The molecule has 0 spiro atoms. The number of carbonyl (C=O) groups excluding carboxylic acids is 1. The van der Waals surface area contributed by atoms with Crippen molar-refractivity contribution in [2.75, 3.05) is 11.9 Å². The van der Waals surface area contributed by atoms with Gasteiger partial charge in [-0.15, -0.1) is 0 Å². The van der Waals surface area contributed by atoms with E-state index >= 15 is 0 Å². The first kappa shape index (κ1) is 13.5. The predicted octanol–water partition coefficient (Wildman–Crippen LogP) is 2.45. The second kappa shape index (κ2) is 6.25. The van der Waals surface area contributed by atoms with Gasteiger partial charge in [0.25, 0.3) is 0 Å². The van der Waals surface area contributed by atoms with Gasteiger partial charge in [-0.05, 0) is 38.5 Å². The molecular formula is C13H19NO3. The fourth-order valence-corrected chi connectivity index (χ4v) is 1.35. The van der Waals surface area contributed by atoms with Crippen LogP contribution in [-0.2, 0) is 9.53 Å². The van der Waals surface area contributed by atoms with Gasteiger partial charge in [-0.3, -0.25) is 4.79 Å². The van der Waals surface area contributed by atoms with Crippen molar-refractivity contribution in [2.45, 2.75) is 33.3 Å². The molecule has 0 aliphatic rings. The number of benzene rings is 1. The number of hydrogen-bond donors (Lipinski definition) is 2.